The fraction of sp³-hybridized carbons (Fsp3) is 0.571. The van der Waals surface area contributed by atoms with Crippen molar-refractivity contribution in [1.82, 2.24) is 0 Å². The first-order valence-corrected chi connectivity index (χ1v) is 9.47. The highest BCUT2D eigenvalue weighted by Crippen LogP contribution is 2.35. The van der Waals surface area contributed by atoms with Crippen LogP contribution in [0.1, 0.15) is 31.2 Å². The van der Waals surface area contributed by atoms with Gasteiger partial charge >= 0.3 is 0 Å². The molecule has 1 fully saturated rings. The molecule has 3 nitrogen and oxygen atoms in total. The van der Waals surface area contributed by atoms with E-state index in [1.807, 2.05) is 12.1 Å². The van der Waals surface area contributed by atoms with Crippen LogP contribution < -0.4 is 5.73 Å². The summed E-state index contributed by atoms with van der Waals surface area (Å²) in [7, 11) is -2.89. The molecule has 0 radical (unpaired) electrons. The Kier molecular flexibility index (Phi) is 4.92. The molecule has 0 saturated heterocycles. The minimum Gasteiger partial charge on any atom is -0.326 e. The van der Waals surface area contributed by atoms with Gasteiger partial charge in [0.15, 0.2) is 0 Å². The van der Waals surface area contributed by atoms with Gasteiger partial charge in [0.1, 0.15) is 9.84 Å². The van der Waals surface area contributed by atoms with Crippen molar-refractivity contribution in [2.45, 2.75) is 47.6 Å². The summed E-state index contributed by atoms with van der Waals surface area (Å²) in [5, 5.41) is 0.263. The highest BCUT2D eigenvalue weighted by atomic mass is 32.2. The molecule has 0 amide bonds. The lowest BCUT2D eigenvalue weighted by molar-refractivity contribution is 0.495. The maximum atomic E-state index is 11.6. The number of sulfone groups is 1. The number of hydrogen-bond acceptors (Lipinski definition) is 4. The van der Waals surface area contributed by atoms with E-state index in [2.05, 4.69) is 12.1 Å². The molecule has 1 aromatic carbocycles. The first-order valence-electron chi connectivity index (χ1n) is 6.63. The largest absolute Gasteiger partial charge is 0.326 e. The Bertz CT molecular complexity index is 511. The van der Waals surface area contributed by atoms with Gasteiger partial charge in [0, 0.05) is 22.9 Å². The van der Waals surface area contributed by atoms with Crippen LogP contribution in [-0.2, 0) is 16.4 Å². The molecule has 1 saturated carbocycles. The van der Waals surface area contributed by atoms with Crippen LogP contribution in [-0.4, -0.2) is 25.2 Å². The van der Waals surface area contributed by atoms with E-state index in [0.717, 1.165) is 31.2 Å². The monoisotopic (exact) mass is 299 g/mol. The average Bonchev–Trinajstić information content (AvgIpc) is 2.39. The standard InChI is InChI=1S/C14H21NO2S2/c1-19(16,17)14-4-2-3-13(9-14)18-12-7-5-11(10-15)6-8-12/h5-8,13-14H,2-4,9-10,15H2,1H3. The van der Waals surface area contributed by atoms with Crippen molar-refractivity contribution in [1.29, 1.82) is 0 Å². The lowest BCUT2D eigenvalue weighted by Crippen LogP contribution is -2.28. The van der Waals surface area contributed by atoms with Crippen molar-refractivity contribution in [3.8, 4) is 0 Å². The zero-order chi connectivity index (χ0) is 13.9. The smallest absolute Gasteiger partial charge is 0.150 e. The number of nitrogens with two attached hydrogens (primary N) is 1. The van der Waals surface area contributed by atoms with Gasteiger partial charge in [0.25, 0.3) is 0 Å². The molecule has 2 unspecified atom stereocenters. The van der Waals surface area contributed by atoms with Crippen LogP contribution in [0, 0.1) is 0 Å². The quantitative estimate of drug-likeness (QED) is 0.928. The van der Waals surface area contributed by atoms with E-state index in [4.69, 9.17) is 5.73 Å². The summed E-state index contributed by atoms with van der Waals surface area (Å²) in [5.74, 6) is 0. The fourth-order valence-corrected chi connectivity index (χ4v) is 5.08. The summed E-state index contributed by atoms with van der Waals surface area (Å²) in [6.45, 7) is 0.560. The van der Waals surface area contributed by atoms with E-state index in [1.165, 1.54) is 11.2 Å². The summed E-state index contributed by atoms with van der Waals surface area (Å²) < 4.78 is 23.3. The molecule has 1 aliphatic carbocycles. The molecule has 106 valence electrons. The number of thioether (sulfide) groups is 1. The van der Waals surface area contributed by atoms with E-state index in [0.29, 0.717) is 11.8 Å². The Hall–Kier alpha value is -0.520. The van der Waals surface area contributed by atoms with Gasteiger partial charge in [-0.15, -0.1) is 11.8 Å². The predicted molar refractivity (Wildman–Crippen MR) is 81.1 cm³/mol. The van der Waals surface area contributed by atoms with E-state index in [-0.39, 0.29) is 5.25 Å². The van der Waals surface area contributed by atoms with Crippen LogP contribution in [0.25, 0.3) is 0 Å². The van der Waals surface area contributed by atoms with Gasteiger partial charge < -0.3 is 5.73 Å². The third-order valence-corrected chi connectivity index (χ3v) is 6.59. The lowest BCUT2D eigenvalue weighted by Gasteiger charge is -2.27. The van der Waals surface area contributed by atoms with Crippen molar-refractivity contribution in [3.05, 3.63) is 29.8 Å². The fourth-order valence-electron chi connectivity index (χ4n) is 2.49. The minimum atomic E-state index is -2.89. The Labute approximate surface area is 119 Å². The Balaban J connectivity index is 1.98. The molecule has 2 atom stereocenters. The third-order valence-electron chi connectivity index (χ3n) is 3.65. The van der Waals surface area contributed by atoms with Crippen LogP contribution in [0.2, 0.25) is 0 Å². The molecule has 2 N–H and O–H groups in total. The van der Waals surface area contributed by atoms with Gasteiger partial charge in [0.05, 0.1) is 5.25 Å². The van der Waals surface area contributed by atoms with Crippen molar-refractivity contribution in [2.24, 2.45) is 5.73 Å². The number of benzene rings is 1. The average molecular weight is 299 g/mol. The Morgan fingerprint density at radius 3 is 2.53 bits per heavy atom. The molecule has 0 heterocycles. The molecule has 0 aromatic heterocycles. The van der Waals surface area contributed by atoms with E-state index in [9.17, 15) is 8.42 Å². The predicted octanol–water partition coefficient (Wildman–Crippen LogP) is 2.59. The number of hydrogen-bond donors (Lipinski definition) is 1. The van der Waals surface area contributed by atoms with E-state index in [1.54, 1.807) is 11.8 Å². The maximum Gasteiger partial charge on any atom is 0.150 e. The molecule has 1 aromatic rings. The normalized spacial score (nSPS) is 24.3. The zero-order valence-electron chi connectivity index (χ0n) is 11.2. The maximum absolute atomic E-state index is 11.6. The van der Waals surface area contributed by atoms with Crippen molar-refractivity contribution >= 4 is 21.6 Å². The highest BCUT2D eigenvalue weighted by Gasteiger charge is 2.29. The summed E-state index contributed by atoms with van der Waals surface area (Å²) in [6, 6.07) is 8.24. The number of rotatable bonds is 4. The molecule has 0 aliphatic heterocycles. The van der Waals surface area contributed by atoms with E-state index >= 15 is 0 Å². The molecular weight excluding hydrogens is 278 g/mol. The van der Waals surface area contributed by atoms with E-state index < -0.39 is 9.84 Å². The van der Waals surface area contributed by atoms with Crippen molar-refractivity contribution in [3.63, 3.8) is 0 Å². The third kappa shape index (κ3) is 4.23. The second kappa shape index (κ2) is 6.29. The molecule has 19 heavy (non-hydrogen) atoms. The van der Waals surface area contributed by atoms with Crippen molar-refractivity contribution < 1.29 is 8.42 Å². The first kappa shape index (κ1) is 14.9. The summed E-state index contributed by atoms with van der Waals surface area (Å²) in [6.07, 6.45) is 5.08. The van der Waals surface area contributed by atoms with Crippen LogP contribution in [0.5, 0.6) is 0 Å². The molecule has 0 bridgehead atoms. The lowest BCUT2D eigenvalue weighted by atomic mass is 10.00. The topological polar surface area (TPSA) is 60.2 Å². The highest BCUT2D eigenvalue weighted by molar-refractivity contribution is 8.00. The van der Waals surface area contributed by atoms with Gasteiger partial charge in [-0.1, -0.05) is 18.6 Å². The van der Waals surface area contributed by atoms with Crippen LogP contribution >= 0.6 is 11.8 Å². The summed E-state index contributed by atoms with van der Waals surface area (Å²) >= 11 is 1.80. The summed E-state index contributed by atoms with van der Waals surface area (Å²) in [4.78, 5) is 1.20. The Morgan fingerprint density at radius 1 is 1.26 bits per heavy atom. The van der Waals surface area contributed by atoms with Crippen LogP contribution in [0.3, 0.4) is 0 Å². The van der Waals surface area contributed by atoms with Crippen LogP contribution in [0.15, 0.2) is 29.2 Å². The van der Waals surface area contributed by atoms with Gasteiger partial charge in [0.2, 0.25) is 0 Å². The minimum absolute atomic E-state index is 0.151. The van der Waals surface area contributed by atoms with Gasteiger partial charge in [-0.05, 0) is 37.0 Å². The van der Waals surface area contributed by atoms with Gasteiger partial charge in [-0.25, -0.2) is 8.42 Å². The summed E-state index contributed by atoms with van der Waals surface area (Å²) in [5.41, 5.74) is 6.70. The zero-order valence-corrected chi connectivity index (χ0v) is 12.8. The van der Waals surface area contributed by atoms with Crippen molar-refractivity contribution in [2.75, 3.05) is 6.26 Å². The first-order chi connectivity index (χ1) is 8.99. The molecule has 0 spiro atoms. The Morgan fingerprint density at radius 2 is 1.95 bits per heavy atom. The second-order valence-electron chi connectivity index (χ2n) is 5.21. The molecular formula is C14H21NO2S2. The molecule has 1 aliphatic rings. The van der Waals surface area contributed by atoms with Gasteiger partial charge in [-0.2, -0.15) is 0 Å². The SMILES string of the molecule is CS(=O)(=O)C1CCCC(Sc2ccc(CN)cc2)C1. The van der Waals surface area contributed by atoms with Crippen LogP contribution in [0.4, 0.5) is 0 Å². The molecule has 5 heteroatoms. The molecule has 2 rings (SSSR count). The second-order valence-corrected chi connectivity index (χ2v) is 8.91. The van der Waals surface area contributed by atoms with Gasteiger partial charge in [-0.3, -0.25) is 0 Å².